The van der Waals surface area contributed by atoms with E-state index in [4.69, 9.17) is 0 Å². The van der Waals surface area contributed by atoms with Crippen molar-refractivity contribution < 1.29 is 14.0 Å². The molecule has 1 saturated carbocycles. The molecule has 0 aliphatic heterocycles. The van der Waals surface area contributed by atoms with E-state index in [1.165, 1.54) is 18.6 Å². The maximum Gasteiger partial charge on any atom is 0.247 e. The fourth-order valence-corrected chi connectivity index (χ4v) is 5.20. The van der Waals surface area contributed by atoms with Gasteiger partial charge >= 0.3 is 0 Å². The Morgan fingerprint density at radius 3 is 2.49 bits per heavy atom. The summed E-state index contributed by atoms with van der Waals surface area (Å²) in [5.41, 5.74) is 3.26. The predicted molar refractivity (Wildman–Crippen MR) is 141 cm³/mol. The standard InChI is InChI=1S/C30H31FN4O2/c31-24-12-10-21(11-13-24)20-35(28(36)18-23-19-33-27-9-5-4-8-26(23)27)29(22-14-16-32-17-15-22)30(37)34-25-6-2-1-3-7-25/h4-5,8-17,19,25,29,33H,1-3,6-7,18,20H2,(H,34,37). The van der Waals surface area contributed by atoms with E-state index in [2.05, 4.69) is 15.3 Å². The maximum atomic E-state index is 14.0. The fraction of sp³-hybridized carbons (Fsp3) is 0.300. The number of aromatic amines is 1. The van der Waals surface area contributed by atoms with Gasteiger partial charge in [0.1, 0.15) is 11.9 Å². The van der Waals surface area contributed by atoms with Crippen LogP contribution in [-0.2, 0) is 22.6 Å². The first-order chi connectivity index (χ1) is 18.1. The summed E-state index contributed by atoms with van der Waals surface area (Å²) >= 11 is 0. The highest BCUT2D eigenvalue weighted by Crippen LogP contribution is 2.27. The Morgan fingerprint density at radius 1 is 1.00 bits per heavy atom. The molecular weight excluding hydrogens is 467 g/mol. The van der Waals surface area contributed by atoms with Crippen LogP contribution in [0.1, 0.15) is 54.8 Å². The van der Waals surface area contributed by atoms with Crippen LogP contribution >= 0.6 is 0 Å². The molecule has 190 valence electrons. The minimum absolute atomic E-state index is 0.0991. The molecule has 0 bridgehead atoms. The molecule has 2 amide bonds. The highest BCUT2D eigenvalue weighted by molar-refractivity contribution is 5.92. The molecule has 2 N–H and O–H groups in total. The van der Waals surface area contributed by atoms with Gasteiger partial charge in [0.05, 0.1) is 6.42 Å². The number of hydrogen-bond acceptors (Lipinski definition) is 3. The third-order valence-corrected chi connectivity index (χ3v) is 7.14. The highest BCUT2D eigenvalue weighted by Gasteiger charge is 2.33. The molecule has 1 fully saturated rings. The number of aromatic nitrogens is 2. The van der Waals surface area contributed by atoms with E-state index >= 15 is 0 Å². The van der Waals surface area contributed by atoms with Crippen LogP contribution in [0.3, 0.4) is 0 Å². The van der Waals surface area contributed by atoms with E-state index in [-0.39, 0.29) is 36.6 Å². The summed E-state index contributed by atoms with van der Waals surface area (Å²) < 4.78 is 13.6. The molecule has 1 atom stereocenters. The Labute approximate surface area is 215 Å². The van der Waals surface area contributed by atoms with Gasteiger partial charge in [-0.2, -0.15) is 0 Å². The minimum Gasteiger partial charge on any atom is -0.361 e. The average molecular weight is 499 g/mol. The van der Waals surface area contributed by atoms with Crippen LogP contribution in [-0.4, -0.2) is 32.7 Å². The number of amides is 2. The van der Waals surface area contributed by atoms with Crippen LogP contribution < -0.4 is 5.32 Å². The van der Waals surface area contributed by atoms with Crippen molar-refractivity contribution in [3.63, 3.8) is 0 Å². The van der Waals surface area contributed by atoms with Crippen molar-refractivity contribution in [3.8, 4) is 0 Å². The fourth-order valence-electron chi connectivity index (χ4n) is 5.20. The number of nitrogens with one attached hydrogen (secondary N) is 2. The number of fused-ring (bicyclic) bond motifs is 1. The summed E-state index contributed by atoms with van der Waals surface area (Å²) in [6.45, 7) is 0.173. The van der Waals surface area contributed by atoms with Crippen LogP contribution in [0, 0.1) is 5.82 Å². The number of nitrogens with zero attached hydrogens (tertiary/aromatic N) is 2. The molecule has 1 aliphatic carbocycles. The Balaban J connectivity index is 1.50. The van der Waals surface area contributed by atoms with Gasteiger partial charge in [-0.3, -0.25) is 14.6 Å². The van der Waals surface area contributed by atoms with Gasteiger partial charge in [0.15, 0.2) is 0 Å². The van der Waals surface area contributed by atoms with Crippen molar-refractivity contribution in [1.29, 1.82) is 0 Å². The monoisotopic (exact) mass is 498 g/mol. The molecule has 2 aromatic carbocycles. The van der Waals surface area contributed by atoms with Gasteiger partial charge in [0.2, 0.25) is 11.8 Å². The van der Waals surface area contributed by atoms with E-state index in [9.17, 15) is 14.0 Å². The lowest BCUT2D eigenvalue weighted by Crippen LogP contribution is -2.47. The van der Waals surface area contributed by atoms with Crippen molar-refractivity contribution in [1.82, 2.24) is 20.2 Å². The smallest absolute Gasteiger partial charge is 0.247 e. The van der Waals surface area contributed by atoms with Crippen molar-refractivity contribution in [3.05, 3.63) is 102 Å². The summed E-state index contributed by atoms with van der Waals surface area (Å²) in [6.07, 6.45) is 10.5. The largest absolute Gasteiger partial charge is 0.361 e. The Hall–Kier alpha value is -4.00. The summed E-state index contributed by atoms with van der Waals surface area (Å²) in [6, 6.07) is 16.7. The molecular formula is C30H31FN4O2. The van der Waals surface area contributed by atoms with Gasteiger partial charge in [-0.15, -0.1) is 0 Å². The van der Waals surface area contributed by atoms with Gasteiger partial charge in [0.25, 0.3) is 0 Å². The van der Waals surface area contributed by atoms with E-state index in [1.807, 2.05) is 30.5 Å². The molecule has 0 spiro atoms. The lowest BCUT2D eigenvalue weighted by atomic mass is 9.94. The van der Waals surface area contributed by atoms with Gasteiger partial charge in [0, 0.05) is 42.1 Å². The molecule has 6 nitrogen and oxygen atoms in total. The van der Waals surface area contributed by atoms with E-state index in [0.717, 1.165) is 47.7 Å². The first-order valence-corrected chi connectivity index (χ1v) is 12.9. The number of hydrogen-bond donors (Lipinski definition) is 2. The van der Waals surface area contributed by atoms with Crippen LogP contribution in [0.15, 0.2) is 79.3 Å². The van der Waals surface area contributed by atoms with Crippen molar-refractivity contribution in [2.24, 2.45) is 0 Å². The Bertz CT molecular complexity index is 1350. The minimum atomic E-state index is -0.840. The topological polar surface area (TPSA) is 78.1 Å². The molecule has 1 unspecified atom stereocenters. The summed E-state index contributed by atoms with van der Waals surface area (Å²) in [5, 5.41) is 4.19. The molecule has 5 rings (SSSR count). The maximum absolute atomic E-state index is 14.0. The third-order valence-electron chi connectivity index (χ3n) is 7.14. The predicted octanol–water partition coefficient (Wildman–Crippen LogP) is 5.46. The third kappa shape index (κ3) is 5.88. The van der Waals surface area contributed by atoms with Gasteiger partial charge < -0.3 is 15.2 Å². The highest BCUT2D eigenvalue weighted by atomic mass is 19.1. The molecule has 1 aliphatic rings. The number of carbonyl (C=O) groups excluding carboxylic acids is 2. The van der Waals surface area contributed by atoms with E-state index in [1.54, 1.807) is 41.6 Å². The zero-order chi connectivity index (χ0) is 25.6. The second kappa shape index (κ2) is 11.4. The molecule has 7 heteroatoms. The molecule has 37 heavy (non-hydrogen) atoms. The van der Waals surface area contributed by atoms with Crippen LogP contribution in [0.5, 0.6) is 0 Å². The van der Waals surface area contributed by atoms with E-state index in [0.29, 0.717) is 5.56 Å². The Kier molecular flexibility index (Phi) is 7.59. The van der Waals surface area contributed by atoms with Crippen molar-refractivity contribution in [2.75, 3.05) is 0 Å². The van der Waals surface area contributed by atoms with Gasteiger partial charge in [-0.1, -0.05) is 49.6 Å². The summed E-state index contributed by atoms with van der Waals surface area (Å²) in [4.78, 5) is 36.8. The zero-order valence-electron chi connectivity index (χ0n) is 20.7. The number of para-hydroxylation sites is 1. The molecule has 0 saturated heterocycles. The zero-order valence-corrected chi connectivity index (χ0v) is 20.7. The first-order valence-electron chi connectivity index (χ1n) is 12.9. The molecule has 2 heterocycles. The number of H-pyrrole nitrogens is 1. The first kappa shape index (κ1) is 24.7. The van der Waals surface area contributed by atoms with Gasteiger partial charge in [-0.25, -0.2) is 4.39 Å². The number of halogens is 1. The molecule has 0 radical (unpaired) electrons. The van der Waals surface area contributed by atoms with E-state index < -0.39 is 6.04 Å². The average Bonchev–Trinajstić information content (AvgIpc) is 3.33. The van der Waals surface area contributed by atoms with Crippen LogP contribution in [0.25, 0.3) is 10.9 Å². The number of pyridine rings is 1. The second-order valence-corrected chi connectivity index (χ2v) is 9.71. The van der Waals surface area contributed by atoms with Crippen LogP contribution in [0.2, 0.25) is 0 Å². The van der Waals surface area contributed by atoms with Crippen LogP contribution in [0.4, 0.5) is 4.39 Å². The van der Waals surface area contributed by atoms with Crippen molar-refractivity contribution >= 4 is 22.7 Å². The number of carbonyl (C=O) groups is 2. The SMILES string of the molecule is O=C(NC1CCCCC1)C(c1ccncc1)N(Cc1ccc(F)cc1)C(=O)Cc1c[nH]c2ccccc12. The summed E-state index contributed by atoms with van der Waals surface area (Å²) in [5.74, 6) is -0.733. The normalized spacial score (nSPS) is 14.8. The Morgan fingerprint density at radius 2 is 1.73 bits per heavy atom. The molecule has 2 aromatic heterocycles. The molecule has 4 aromatic rings. The number of benzene rings is 2. The van der Waals surface area contributed by atoms with Gasteiger partial charge in [-0.05, 0) is 59.9 Å². The lowest BCUT2D eigenvalue weighted by Gasteiger charge is -2.33. The summed E-state index contributed by atoms with van der Waals surface area (Å²) in [7, 11) is 0. The van der Waals surface area contributed by atoms with Crippen molar-refractivity contribution in [2.45, 2.75) is 57.2 Å². The second-order valence-electron chi connectivity index (χ2n) is 9.71. The lowest BCUT2D eigenvalue weighted by molar-refractivity contribution is -0.141. The number of rotatable bonds is 8. The quantitative estimate of drug-likeness (QED) is 0.338.